The van der Waals surface area contributed by atoms with E-state index in [0.29, 0.717) is 17.5 Å². The number of imidazole rings is 1. The van der Waals surface area contributed by atoms with Crippen LogP contribution in [-0.4, -0.2) is 19.7 Å². The number of aromatic nitrogens is 4. The summed E-state index contributed by atoms with van der Waals surface area (Å²) in [6, 6.07) is 6.42. The minimum atomic E-state index is 0.620. The van der Waals surface area contributed by atoms with Gasteiger partial charge in [-0.1, -0.05) is 30.8 Å². The van der Waals surface area contributed by atoms with E-state index in [0.717, 1.165) is 17.3 Å². The highest BCUT2D eigenvalue weighted by Crippen LogP contribution is 2.25. The quantitative estimate of drug-likeness (QED) is 0.672. The summed E-state index contributed by atoms with van der Waals surface area (Å²) in [6.07, 6.45) is 4.56. The molecule has 0 radical (unpaired) electrons. The molecular weight excluding hydrogens is 296 g/mol. The Morgan fingerprint density at radius 3 is 2.77 bits per heavy atom. The lowest BCUT2D eigenvalue weighted by Gasteiger charge is -2.10. The molecule has 2 aromatic heterocycles. The van der Waals surface area contributed by atoms with Gasteiger partial charge >= 0.3 is 0 Å². The van der Waals surface area contributed by atoms with Gasteiger partial charge in [-0.15, -0.1) is 10.2 Å². The average Bonchev–Trinajstić information content (AvgIpc) is 3.16. The van der Waals surface area contributed by atoms with Gasteiger partial charge in [0.2, 0.25) is 11.8 Å². The molecule has 0 aliphatic rings. The minimum Gasteiger partial charge on any atom is -0.424 e. The van der Waals surface area contributed by atoms with Crippen molar-refractivity contribution in [2.75, 3.05) is 0 Å². The Labute approximate surface area is 133 Å². The highest BCUT2D eigenvalue weighted by Gasteiger charge is 2.11. The van der Waals surface area contributed by atoms with Crippen LogP contribution in [0.1, 0.15) is 29.8 Å². The van der Waals surface area contributed by atoms with E-state index in [2.05, 4.69) is 51.8 Å². The molecule has 3 rings (SSSR count). The van der Waals surface area contributed by atoms with Crippen molar-refractivity contribution in [1.29, 1.82) is 0 Å². The van der Waals surface area contributed by atoms with Crippen molar-refractivity contribution >= 4 is 11.8 Å². The highest BCUT2D eigenvalue weighted by molar-refractivity contribution is 7.98. The number of hydrogen-bond donors (Lipinski definition) is 0. The van der Waals surface area contributed by atoms with Crippen LogP contribution in [0.25, 0.3) is 5.69 Å². The molecule has 1 aromatic carbocycles. The van der Waals surface area contributed by atoms with Crippen LogP contribution in [0.3, 0.4) is 0 Å². The van der Waals surface area contributed by atoms with Gasteiger partial charge in [-0.3, -0.25) is 4.57 Å². The van der Waals surface area contributed by atoms with E-state index in [-0.39, 0.29) is 0 Å². The Balaban J connectivity index is 1.81. The Morgan fingerprint density at radius 2 is 2.00 bits per heavy atom. The average molecular weight is 314 g/mol. The summed E-state index contributed by atoms with van der Waals surface area (Å²) in [5.74, 6) is 1.93. The third kappa shape index (κ3) is 3.06. The van der Waals surface area contributed by atoms with Gasteiger partial charge in [0, 0.05) is 18.8 Å². The molecule has 0 fully saturated rings. The molecule has 0 saturated carbocycles. The first-order valence-electron chi connectivity index (χ1n) is 7.22. The Kier molecular flexibility index (Phi) is 4.29. The van der Waals surface area contributed by atoms with Crippen molar-refractivity contribution in [3.63, 3.8) is 0 Å². The largest absolute Gasteiger partial charge is 0.424 e. The summed E-state index contributed by atoms with van der Waals surface area (Å²) in [4.78, 5) is 4.44. The van der Waals surface area contributed by atoms with Crippen LogP contribution in [0.5, 0.6) is 0 Å². The lowest BCUT2D eigenvalue weighted by atomic mass is 10.1. The molecule has 22 heavy (non-hydrogen) atoms. The number of aryl methyl sites for hydroxylation is 3. The van der Waals surface area contributed by atoms with Crippen molar-refractivity contribution in [3.05, 3.63) is 53.5 Å². The molecule has 0 aliphatic heterocycles. The number of nitrogens with zero attached hydrogens (tertiary/aromatic N) is 4. The Morgan fingerprint density at radius 1 is 1.18 bits per heavy atom. The normalized spacial score (nSPS) is 11.0. The fraction of sp³-hybridized carbons (Fsp3) is 0.312. The van der Waals surface area contributed by atoms with Gasteiger partial charge in [0.05, 0.1) is 11.4 Å². The van der Waals surface area contributed by atoms with Crippen LogP contribution >= 0.6 is 11.8 Å². The molecule has 0 aliphatic carbocycles. The van der Waals surface area contributed by atoms with Crippen molar-refractivity contribution in [1.82, 2.24) is 19.7 Å². The van der Waals surface area contributed by atoms with E-state index < -0.39 is 0 Å². The van der Waals surface area contributed by atoms with Crippen molar-refractivity contribution in [3.8, 4) is 5.69 Å². The lowest BCUT2D eigenvalue weighted by molar-refractivity contribution is 0.470. The zero-order valence-electron chi connectivity index (χ0n) is 12.9. The highest BCUT2D eigenvalue weighted by atomic mass is 32.2. The van der Waals surface area contributed by atoms with E-state index in [4.69, 9.17) is 4.42 Å². The van der Waals surface area contributed by atoms with Crippen molar-refractivity contribution in [2.45, 2.75) is 38.1 Å². The van der Waals surface area contributed by atoms with Crippen LogP contribution in [-0.2, 0) is 12.2 Å². The minimum absolute atomic E-state index is 0.620. The van der Waals surface area contributed by atoms with Gasteiger partial charge in [0.15, 0.2) is 5.16 Å². The molecule has 6 heteroatoms. The van der Waals surface area contributed by atoms with E-state index >= 15 is 0 Å². The van der Waals surface area contributed by atoms with E-state index in [1.54, 1.807) is 11.8 Å². The molecule has 5 nitrogen and oxygen atoms in total. The fourth-order valence-corrected chi connectivity index (χ4v) is 2.98. The second-order valence-corrected chi connectivity index (χ2v) is 6.04. The third-order valence-electron chi connectivity index (χ3n) is 3.37. The first-order chi connectivity index (χ1) is 10.7. The second-order valence-electron chi connectivity index (χ2n) is 5.10. The Bertz CT molecular complexity index is 778. The van der Waals surface area contributed by atoms with Crippen molar-refractivity contribution in [2.24, 2.45) is 0 Å². The molecule has 0 N–H and O–H groups in total. The van der Waals surface area contributed by atoms with Crippen LogP contribution in [0.2, 0.25) is 0 Å². The zero-order chi connectivity index (χ0) is 15.5. The third-order valence-corrected chi connectivity index (χ3v) is 4.32. The Hall–Kier alpha value is -2.08. The van der Waals surface area contributed by atoms with Gasteiger partial charge in [0.1, 0.15) is 0 Å². The maximum atomic E-state index is 5.54. The lowest BCUT2D eigenvalue weighted by Crippen LogP contribution is -1.98. The SMILES string of the molecule is CCc1nnc(CSc2nccn2-c2cc(C)ccc2C)o1. The second kappa shape index (κ2) is 6.36. The van der Waals surface area contributed by atoms with Crippen LogP contribution in [0.15, 0.2) is 40.2 Å². The summed E-state index contributed by atoms with van der Waals surface area (Å²) >= 11 is 1.60. The summed E-state index contributed by atoms with van der Waals surface area (Å²) in [5, 5.41) is 8.95. The molecular formula is C16H18N4OS. The van der Waals surface area contributed by atoms with Gasteiger partial charge < -0.3 is 4.42 Å². The van der Waals surface area contributed by atoms with Crippen LogP contribution < -0.4 is 0 Å². The summed E-state index contributed by atoms with van der Waals surface area (Å²) in [6.45, 7) is 6.20. The van der Waals surface area contributed by atoms with Gasteiger partial charge in [-0.25, -0.2) is 4.98 Å². The summed E-state index contributed by atoms with van der Waals surface area (Å²) in [7, 11) is 0. The molecule has 0 unspecified atom stereocenters. The number of benzene rings is 1. The summed E-state index contributed by atoms with van der Waals surface area (Å²) < 4.78 is 7.64. The smallest absolute Gasteiger partial charge is 0.226 e. The van der Waals surface area contributed by atoms with Gasteiger partial charge in [-0.05, 0) is 31.0 Å². The predicted molar refractivity (Wildman–Crippen MR) is 86.3 cm³/mol. The fourth-order valence-electron chi connectivity index (χ4n) is 2.17. The molecule has 3 aromatic rings. The standard InChI is InChI=1S/C16H18N4OS/c1-4-14-18-19-15(21-14)10-22-16-17-7-8-20(16)13-9-11(2)5-6-12(13)3/h5-9H,4,10H2,1-3H3. The van der Waals surface area contributed by atoms with Crippen LogP contribution in [0, 0.1) is 13.8 Å². The molecule has 2 heterocycles. The molecule has 114 valence electrons. The zero-order valence-corrected chi connectivity index (χ0v) is 13.7. The topological polar surface area (TPSA) is 56.7 Å². The summed E-state index contributed by atoms with van der Waals surface area (Å²) in [5.41, 5.74) is 3.60. The monoisotopic (exact) mass is 314 g/mol. The van der Waals surface area contributed by atoms with Crippen molar-refractivity contribution < 1.29 is 4.42 Å². The number of hydrogen-bond acceptors (Lipinski definition) is 5. The van der Waals surface area contributed by atoms with E-state index in [1.807, 2.05) is 19.3 Å². The van der Waals surface area contributed by atoms with Gasteiger partial charge in [0.25, 0.3) is 0 Å². The first kappa shape index (κ1) is 14.8. The van der Waals surface area contributed by atoms with Gasteiger partial charge in [-0.2, -0.15) is 0 Å². The molecule has 0 amide bonds. The van der Waals surface area contributed by atoms with E-state index in [9.17, 15) is 0 Å². The number of thioether (sulfide) groups is 1. The predicted octanol–water partition coefficient (Wildman–Crippen LogP) is 3.73. The first-order valence-corrected chi connectivity index (χ1v) is 8.21. The van der Waals surface area contributed by atoms with E-state index in [1.165, 1.54) is 11.1 Å². The van der Waals surface area contributed by atoms with Crippen LogP contribution in [0.4, 0.5) is 0 Å². The molecule has 0 atom stereocenters. The molecule has 0 spiro atoms. The molecule has 0 saturated heterocycles. The maximum absolute atomic E-state index is 5.54. The molecule has 0 bridgehead atoms. The maximum Gasteiger partial charge on any atom is 0.226 e. The number of rotatable bonds is 5.